The van der Waals surface area contributed by atoms with Gasteiger partial charge in [-0.3, -0.25) is 0 Å². The van der Waals surface area contributed by atoms with Crippen LogP contribution in [0.2, 0.25) is 0 Å². The van der Waals surface area contributed by atoms with Crippen molar-refractivity contribution in [2.24, 2.45) is 0 Å². The van der Waals surface area contributed by atoms with E-state index in [1.165, 1.54) is 7.11 Å². The van der Waals surface area contributed by atoms with Gasteiger partial charge in [-0.15, -0.1) is 15.6 Å². The smallest absolute Gasteiger partial charge is 0.403 e. The summed E-state index contributed by atoms with van der Waals surface area (Å²) < 4.78 is 36.2. The topological polar surface area (TPSA) is 34.1 Å². The van der Waals surface area contributed by atoms with E-state index < -0.39 is 17.6 Å². The van der Waals surface area contributed by atoms with Gasteiger partial charge >= 0.3 is 12.6 Å². The number of hydrogen-bond donors (Lipinski definition) is 0. The summed E-state index contributed by atoms with van der Waals surface area (Å²) in [4.78, 5) is 12.0. The number of methoxy groups -OCH3 is 1. The maximum atomic E-state index is 14.5. The number of terminal acetylenes is 1. The van der Waals surface area contributed by atoms with Crippen LogP contribution in [0.4, 0.5) is 8.78 Å². The molecule has 0 aliphatic rings. The van der Waals surface area contributed by atoms with Crippen LogP contribution in [0.3, 0.4) is 0 Å². The van der Waals surface area contributed by atoms with Crippen molar-refractivity contribution in [2.75, 3.05) is 7.11 Å². The molecule has 1 aromatic carbocycles. The third-order valence-electron chi connectivity index (χ3n) is 4.05. The summed E-state index contributed by atoms with van der Waals surface area (Å²) in [7, 11) is 1.30. The summed E-state index contributed by atoms with van der Waals surface area (Å²) in [5.41, 5.74) is 1.02. The molecule has 0 unspecified atom stereocenters. The van der Waals surface area contributed by atoms with E-state index in [4.69, 9.17) is 11.2 Å². The molecule has 134 valence electrons. The maximum absolute atomic E-state index is 14.5. The van der Waals surface area contributed by atoms with Crippen molar-refractivity contribution >= 4 is 5.97 Å². The Hall–Kier alpha value is -3.59. The molecule has 3 rings (SSSR count). The molecule has 0 aliphatic heterocycles. The zero-order valence-electron chi connectivity index (χ0n) is 14.5. The molecule has 2 aromatic heterocycles. The van der Waals surface area contributed by atoms with E-state index in [0.29, 0.717) is 11.4 Å². The Morgan fingerprint density at radius 1 is 1.11 bits per heavy atom. The van der Waals surface area contributed by atoms with Crippen molar-refractivity contribution in [3.8, 4) is 23.6 Å². The number of esters is 1. The SMILES string of the molecule is C#Cc1cc(F)cc(F)c1-c1cccc[n+]1C[n+]1ccccc1C(=O)OC. The van der Waals surface area contributed by atoms with Gasteiger partial charge < -0.3 is 4.74 Å². The standard InChI is InChI=1S/C21H16F2N2O2/c1-3-15-12-16(22)13-17(23)20(15)18-8-4-6-10-24(18)14-25-11-7-5-9-19(25)21(26)27-2/h1,4-13H,14H2,2H3/q+2. The highest BCUT2D eigenvalue weighted by Gasteiger charge is 2.26. The first-order chi connectivity index (χ1) is 13.0. The summed E-state index contributed by atoms with van der Waals surface area (Å²) >= 11 is 0. The number of rotatable bonds is 4. The molecular formula is C21H16F2N2O2+2. The van der Waals surface area contributed by atoms with Gasteiger partial charge in [0, 0.05) is 35.9 Å². The Bertz CT molecular complexity index is 1060. The van der Waals surface area contributed by atoms with Gasteiger partial charge in [0.1, 0.15) is 11.6 Å². The molecule has 0 aliphatic carbocycles. The number of ether oxygens (including phenoxy) is 1. The number of benzene rings is 1. The predicted octanol–water partition coefficient (Wildman–Crippen LogP) is 2.48. The van der Waals surface area contributed by atoms with Gasteiger partial charge in [0.25, 0.3) is 5.69 Å². The Labute approximate surface area is 155 Å². The number of nitrogens with zero attached hydrogens (tertiary/aromatic N) is 2. The van der Waals surface area contributed by atoms with Gasteiger partial charge in [0.15, 0.2) is 12.4 Å². The molecule has 27 heavy (non-hydrogen) atoms. The second kappa shape index (κ2) is 7.75. The lowest BCUT2D eigenvalue weighted by atomic mass is 10.0. The van der Waals surface area contributed by atoms with Crippen LogP contribution < -0.4 is 9.13 Å². The summed E-state index contributed by atoms with van der Waals surface area (Å²) in [5, 5.41) is 0. The number of pyridine rings is 2. The fraction of sp³-hybridized carbons (Fsp3) is 0.0952. The van der Waals surface area contributed by atoms with Crippen LogP contribution in [0.25, 0.3) is 11.3 Å². The second-order valence-electron chi connectivity index (χ2n) is 5.70. The van der Waals surface area contributed by atoms with Crippen molar-refractivity contribution < 1.29 is 27.4 Å². The van der Waals surface area contributed by atoms with Crippen molar-refractivity contribution in [2.45, 2.75) is 6.67 Å². The van der Waals surface area contributed by atoms with Crippen molar-refractivity contribution in [3.05, 3.63) is 83.8 Å². The van der Waals surface area contributed by atoms with E-state index >= 15 is 0 Å². The Morgan fingerprint density at radius 2 is 1.81 bits per heavy atom. The number of aromatic nitrogens is 2. The first kappa shape index (κ1) is 18.2. The first-order valence-electron chi connectivity index (χ1n) is 8.06. The second-order valence-corrected chi connectivity index (χ2v) is 5.70. The minimum absolute atomic E-state index is 0.110. The van der Waals surface area contributed by atoms with E-state index in [2.05, 4.69) is 5.92 Å². The summed E-state index contributed by atoms with van der Waals surface area (Å²) in [6.45, 7) is 0.197. The molecule has 0 amide bonds. The predicted molar refractivity (Wildman–Crippen MR) is 93.3 cm³/mol. The zero-order chi connectivity index (χ0) is 19.4. The van der Waals surface area contributed by atoms with Gasteiger partial charge in [-0.2, -0.15) is 0 Å². The highest BCUT2D eigenvalue weighted by molar-refractivity contribution is 5.85. The molecule has 0 atom stereocenters. The zero-order valence-corrected chi connectivity index (χ0v) is 14.5. The summed E-state index contributed by atoms with van der Waals surface area (Å²) in [6, 6.07) is 12.2. The molecule has 0 fully saturated rings. The van der Waals surface area contributed by atoms with Crippen LogP contribution in [-0.4, -0.2) is 13.1 Å². The third kappa shape index (κ3) is 3.67. The highest BCUT2D eigenvalue weighted by atomic mass is 19.1. The lowest BCUT2D eigenvalue weighted by molar-refractivity contribution is -0.909. The molecule has 6 heteroatoms. The van der Waals surface area contributed by atoms with Crippen LogP contribution in [-0.2, 0) is 11.4 Å². The van der Waals surface area contributed by atoms with E-state index in [1.54, 1.807) is 57.9 Å². The molecule has 0 radical (unpaired) electrons. The van der Waals surface area contributed by atoms with Crippen LogP contribution >= 0.6 is 0 Å². The van der Waals surface area contributed by atoms with Crippen LogP contribution in [0, 0.1) is 24.0 Å². The first-order valence-corrected chi connectivity index (χ1v) is 8.06. The van der Waals surface area contributed by atoms with Gasteiger partial charge in [0.05, 0.1) is 12.7 Å². The van der Waals surface area contributed by atoms with Gasteiger partial charge in [0.2, 0.25) is 5.69 Å². The average molecular weight is 366 g/mol. The van der Waals surface area contributed by atoms with Crippen molar-refractivity contribution in [3.63, 3.8) is 0 Å². The molecule has 0 saturated heterocycles. The van der Waals surface area contributed by atoms with E-state index in [0.717, 1.165) is 12.1 Å². The fourth-order valence-corrected chi connectivity index (χ4v) is 2.83. The summed E-state index contributed by atoms with van der Waals surface area (Å²) in [5.74, 6) is 0.343. The van der Waals surface area contributed by atoms with Gasteiger partial charge in [-0.1, -0.05) is 5.92 Å². The molecule has 0 N–H and O–H groups in total. The minimum Gasteiger partial charge on any atom is -0.461 e. The van der Waals surface area contributed by atoms with Gasteiger partial charge in [-0.25, -0.2) is 13.6 Å². The largest absolute Gasteiger partial charge is 0.461 e. The Balaban J connectivity index is 2.13. The molecular weight excluding hydrogens is 350 g/mol. The average Bonchev–Trinajstić information content (AvgIpc) is 2.68. The highest BCUT2D eigenvalue weighted by Crippen LogP contribution is 2.25. The quantitative estimate of drug-likeness (QED) is 0.404. The van der Waals surface area contributed by atoms with E-state index in [-0.39, 0.29) is 17.8 Å². The third-order valence-corrected chi connectivity index (χ3v) is 4.05. The number of carbonyl (C=O) groups excluding carboxylic acids is 1. The van der Waals surface area contributed by atoms with E-state index in [1.807, 2.05) is 0 Å². The van der Waals surface area contributed by atoms with Crippen molar-refractivity contribution in [1.29, 1.82) is 0 Å². The summed E-state index contributed by atoms with van der Waals surface area (Å²) in [6.07, 6.45) is 8.88. The lowest BCUT2D eigenvalue weighted by Gasteiger charge is -2.07. The number of hydrogen-bond acceptors (Lipinski definition) is 2. The molecule has 3 aromatic rings. The maximum Gasteiger partial charge on any atom is 0.403 e. The normalized spacial score (nSPS) is 10.3. The molecule has 2 heterocycles. The van der Waals surface area contributed by atoms with Crippen molar-refractivity contribution in [1.82, 2.24) is 0 Å². The molecule has 4 nitrogen and oxygen atoms in total. The lowest BCUT2D eigenvalue weighted by Crippen LogP contribution is -2.55. The van der Waals surface area contributed by atoms with Crippen LogP contribution in [0.1, 0.15) is 16.1 Å². The molecule has 0 saturated carbocycles. The monoisotopic (exact) mass is 366 g/mol. The Kier molecular flexibility index (Phi) is 5.23. The Morgan fingerprint density at radius 3 is 2.52 bits per heavy atom. The van der Waals surface area contributed by atoms with Crippen LogP contribution in [0.5, 0.6) is 0 Å². The molecule has 0 bridgehead atoms. The number of halogens is 2. The van der Waals surface area contributed by atoms with Gasteiger partial charge in [-0.05, 0) is 18.2 Å². The minimum atomic E-state index is -0.755. The number of carbonyl (C=O) groups is 1. The molecule has 0 spiro atoms. The van der Waals surface area contributed by atoms with Crippen LogP contribution in [0.15, 0.2) is 60.9 Å². The fourth-order valence-electron chi connectivity index (χ4n) is 2.83. The van der Waals surface area contributed by atoms with E-state index in [9.17, 15) is 13.6 Å².